The summed E-state index contributed by atoms with van der Waals surface area (Å²) < 4.78 is 1.87. The third kappa shape index (κ3) is 2.28. The summed E-state index contributed by atoms with van der Waals surface area (Å²) in [5.74, 6) is 2.05. The molecule has 0 unspecified atom stereocenters. The van der Waals surface area contributed by atoms with Crippen LogP contribution < -0.4 is 5.32 Å². The van der Waals surface area contributed by atoms with Crippen molar-refractivity contribution < 1.29 is 0 Å². The predicted octanol–water partition coefficient (Wildman–Crippen LogP) is 2.97. The molecule has 0 aromatic carbocycles. The minimum atomic E-state index is 0.391. The van der Waals surface area contributed by atoms with Crippen LogP contribution in [-0.2, 0) is 7.05 Å². The van der Waals surface area contributed by atoms with Gasteiger partial charge in [-0.2, -0.15) is 5.10 Å². The summed E-state index contributed by atoms with van der Waals surface area (Å²) in [5.41, 5.74) is 5.28. The number of aryl methyl sites for hydroxylation is 3. The molecule has 0 bridgehead atoms. The number of anilines is 1. The molecule has 2 aromatic rings. The SMILES string of the molecule is CNc1nc(-c2c(C)nn(C)c2C)nc(C)c1C(C)C. The van der Waals surface area contributed by atoms with E-state index >= 15 is 0 Å². The zero-order valence-electron chi connectivity index (χ0n) is 13.4. The second-order valence-electron chi connectivity index (χ2n) is 5.47. The van der Waals surface area contributed by atoms with Gasteiger partial charge in [0, 0.05) is 31.0 Å². The van der Waals surface area contributed by atoms with Crippen LogP contribution in [-0.4, -0.2) is 26.8 Å². The molecule has 0 aliphatic rings. The zero-order chi connectivity index (χ0) is 15.0. The van der Waals surface area contributed by atoms with Crippen LogP contribution >= 0.6 is 0 Å². The average Bonchev–Trinajstić information content (AvgIpc) is 2.61. The van der Waals surface area contributed by atoms with Crippen molar-refractivity contribution in [2.24, 2.45) is 7.05 Å². The molecule has 1 N–H and O–H groups in total. The highest BCUT2D eigenvalue weighted by atomic mass is 15.3. The van der Waals surface area contributed by atoms with Crippen LogP contribution in [0.5, 0.6) is 0 Å². The van der Waals surface area contributed by atoms with Gasteiger partial charge in [-0.25, -0.2) is 9.97 Å². The standard InChI is InChI=1S/C15H23N5/c1-8(2)12-9(3)17-15(18-14(12)16-6)13-10(4)19-20(7)11(13)5/h8H,1-7H3,(H,16,17,18). The molecule has 2 rings (SSSR count). The Kier molecular flexibility index (Phi) is 3.79. The van der Waals surface area contributed by atoms with Crippen molar-refractivity contribution in [3.05, 3.63) is 22.6 Å². The Morgan fingerprint density at radius 2 is 1.70 bits per heavy atom. The first-order valence-electron chi connectivity index (χ1n) is 6.93. The summed E-state index contributed by atoms with van der Waals surface area (Å²) in [4.78, 5) is 9.41. The van der Waals surface area contributed by atoms with Crippen LogP contribution in [0.1, 0.15) is 42.4 Å². The minimum absolute atomic E-state index is 0.391. The van der Waals surface area contributed by atoms with E-state index in [1.54, 1.807) is 0 Å². The van der Waals surface area contributed by atoms with Gasteiger partial charge in [0.2, 0.25) is 0 Å². The molecule has 20 heavy (non-hydrogen) atoms. The van der Waals surface area contributed by atoms with Crippen molar-refractivity contribution in [1.82, 2.24) is 19.7 Å². The fourth-order valence-electron chi connectivity index (χ4n) is 2.67. The Bertz CT molecular complexity index is 640. The average molecular weight is 273 g/mol. The van der Waals surface area contributed by atoms with Gasteiger partial charge in [-0.15, -0.1) is 0 Å². The van der Waals surface area contributed by atoms with Crippen molar-refractivity contribution >= 4 is 5.82 Å². The van der Waals surface area contributed by atoms with Gasteiger partial charge in [0.25, 0.3) is 0 Å². The first-order chi connectivity index (χ1) is 9.36. The Hall–Kier alpha value is -1.91. The number of rotatable bonds is 3. The Balaban J connectivity index is 2.68. The Morgan fingerprint density at radius 3 is 2.15 bits per heavy atom. The number of hydrogen-bond donors (Lipinski definition) is 1. The summed E-state index contributed by atoms with van der Waals surface area (Å²) in [6.45, 7) is 10.4. The Labute approximate surface area is 120 Å². The first-order valence-corrected chi connectivity index (χ1v) is 6.93. The minimum Gasteiger partial charge on any atom is -0.373 e. The van der Waals surface area contributed by atoms with Gasteiger partial charge in [-0.05, 0) is 26.7 Å². The van der Waals surface area contributed by atoms with E-state index in [1.807, 2.05) is 39.5 Å². The molecule has 0 saturated heterocycles. The molecule has 0 aliphatic carbocycles. The van der Waals surface area contributed by atoms with Gasteiger partial charge < -0.3 is 5.32 Å². The van der Waals surface area contributed by atoms with E-state index in [1.165, 1.54) is 5.56 Å². The predicted molar refractivity (Wildman–Crippen MR) is 82.1 cm³/mol. The van der Waals surface area contributed by atoms with E-state index in [0.29, 0.717) is 5.92 Å². The van der Waals surface area contributed by atoms with Gasteiger partial charge in [0.1, 0.15) is 5.82 Å². The van der Waals surface area contributed by atoms with Gasteiger partial charge in [-0.3, -0.25) is 4.68 Å². The van der Waals surface area contributed by atoms with Crippen LogP contribution in [0.2, 0.25) is 0 Å². The van der Waals surface area contributed by atoms with Crippen molar-refractivity contribution in [3.63, 3.8) is 0 Å². The van der Waals surface area contributed by atoms with Crippen LogP contribution in [0.25, 0.3) is 11.4 Å². The lowest BCUT2D eigenvalue weighted by atomic mass is 10.0. The molecule has 0 amide bonds. The third-order valence-corrected chi connectivity index (χ3v) is 3.68. The summed E-state index contributed by atoms with van der Waals surface area (Å²) in [5, 5.41) is 7.64. The smallest absolute Gasteiger partial charge is 0.165 e. The van der Waals surface area contributed by atoms with E-state index < -0.39 is 0 Å². The Morgan fingerprint density at radius 1 is 1.05 bits per heavy atom. The largest absolute Gasteiger partial charge is 0.373 e. The molecule has 0 fully saturated rings. The van der Waals surface area contributed by atoms with Crippen molar-refractivity contribution in [1.29, 1.82) is 0 Å². The molecule has 0 atom stereocenters. The van der Waals surface area contributed by atoms with Gasteiger partial charge in [-0.1, -0.05) is 13.8 Å². The van der Waals surface area contributed by atoms with Gasteiger partial charge in [0.15, 0.2) is 5.82 Å². The molecular formula is C15H23N5. The molecule has 0 radical (unpaired) electrons. The zero-order valence-corrected chi connectivity index (χ0v) is 13.4. The monoisotopic (exact) mass is 273 g/mol. The van der Waals surface area contributed by atoms with Crippen LogP contribution in [0.3, 0.4) is 0 Å². The molecular weight excluding hydrogens is 250 g/mol. The van der Waals surface area contributed by atoms with Gasteiger partial charge in [0.05, 0.1) is 11.3 Å². The number of nitrogens with one attached hydrogen (secondary N) is 1. The summed E-state index contributed by atoms with van der Waals surface area (Å²) in [6, 6.07) is 0. The summed E-state index contributed by atoms with van der Waals surface area (Å²) in [6.07, 6.45) is 0. The molecule has 5 heteroatoms. The topological polar surface area (TPSA) is 55.6 Å². The first kappa shape index (κ1) is 14.5. The normalized spacial score (nSPS) is 11.2. The molecule has 2 aromatic heterocycles. The number of nitrogens with zero attached hydrogens (tertiary/aromatic N) is 4. The van der Waals surface area contributed by atoms with E-state index in [-0.39, 0.29) is 0 Å². The maximum absolute atomic E-state index is 4.70. The second kappa shape index (κ2) is 5.23. The second-order valence-corrected chi connectivity index (χ2v) is 5.47. The van der Waals surface area contributed by atoms with Crippen molar-refractivity contribution in [2.45, 2.75) is 40.5 Å². The van der Waals surface area contributed by atoms with Crippen LogP contribution in [0.15, 0.2) is 0 Å². The highest BCUT2D eigenvalue weighted by Crippen LogP contribution is 2.30. The lowest BCUT2D eigenvalue weighted by Crippen LogP contribution is -2.07. The third-order valence-electron chi connectivity index (χ3n) is 3.68. The molecule has 0 saturated carbocycles. The highest BCUT2D eigenvalue weighted by molar-refractivity contribution is 5.64. The van der Waals surface area contributed by atoms with Crippen LogP contribution in [0.4, 0.5) is 5.82 Å². The lowest BCUT2D eigenvalue weighted by Gasteiger charge is -2.15. The van der Waals surface area contributed by atoms with Crippen molar-refractivity contribution in [3.8, 4) is 11.4 Å². The maximum Gasteiger partial charge on any atom is 0.165 e. The van der Waals surface area contributed by atoms with Gasteiger partial charge >= 0.3 is 0 Å². The maximum atomic E-state index is 4.70. The van der Waals surface area contributed by atoms with E-state index in [9.17, 15) is 0 Å². The summed E-state index contributed by atoms with van der Waals surface area (Å²) >= 11 is 0. The van der Waals surface area contributed by atoms with Crippen molar-refractivity contribution in [2.75, 3.05) is 12.4 Å². The van der Waals surface area contributed by atoms with E-state index in [4.69, 9.17) is 9.97 Å². The number of aromatic nitrogens is 4. The van der Waals surface area contributed by atoms with Crippen LogP contribution in [0, 0.1) is 20.8 Å². The van der Waals surface area contributed by atoms with E-state index in [2.05, 4.69) is 24.3 Å². The molecule has 5 nitrogen and oxygen atoms in total. The van der Waals surface area contributed by atoms with E-state index in [0.717, 1.165) is 34.3 Å². The highest BCUT2D eigenvalue weighted by Gasteiger charge is 2.19. The lowest BCUT2D eigenvalue weighted by molar-refractivity contribution is 0.731. The quantitative estimate of drug-likeness (QED) is 0.934. The number of hydrogen-bond acceptors (Lipinski definition) is 4. The summed E-state index contributed by atoms with van der Waals surface area (Å²) in [7, 11) is 3.85. The fourth-order valence-corrected chi connectivity index (χ4v) is 2.67. The molecule has 0 spiro atoms. The fraction of sp³-hybridized carbons (Fsp3) is 0.533. The molecule has 2 heterocycles. The molecule has 108 valence electrons. The molecule has 0 aliphatic heterocycles.